The quantitative estimate of drug-likeness (QED) is 0.645. The molecular weight excluding hydrogens is 366 g/mol. The van der Waals surface area contributed by atoms with E-state index in [4.69, 9.17) is 9.47 Å². The van der Waals surface area contributed by atoms with Crippen LogP contribution in [0.15, 0.2) is 71.8 Å². The summed E-state index contributed by atoms with van der Waals surface area (Å²) >= 11 is 0. The molecule has 1 heterocycles. The van der Waals surface area contributed by atoms with Crippen molar-refractivity contribution in [3.8, 4) is 11.5 Å². The molecule has 0 saturated carbocycles. The second-order valence-electron chi connectivity index (χ2n) is 5.57. The summed E-state index contributed by atoms with van der Waals surface area (Å²) in [4.78, 5) is 4.28. The number of hydrogen-bond acceptors (Lipinski definition) is 6. The summed E-state index contributed by atoms with van der Waals surface area (Å²) in [5.41, 5.74) is 1.55. The van der Waals surface area contributed by atoms with Gasteiger partial charge in [0.1, 0.15) is 17.3 Å². The lowest BCUT2D eigenvalue weighted by Gasteiger charge is -2.10. The van der Waals surface area contributed by atoms with E-state index in [2.05, 4.69) is 15.0 Å². The van der Waals surface area contributed by atoms with Crippen molar-refractivity contribution in [1.29, 1.82) is 0 Å². The van der Waals surface area contributed by atoms with E-state index in [1.54, 1.807) is 37.6 Å². The number of hydrogen-bond donors (Lipinski definition) is 2. The van der Waals surface area contributed by atoms with Gasteiger partial charge in [0.25, 0.3) is 10.0 Å². The van der Waals surface area contributed by atoms with Crippen molar-refractivity contribution in [3.05, 3.63) is 66.9 Å². The maximum absolute atomic E-state index is 12.4. The van der Waals surface area contributed by atoms with E-state index in [-0.39, 0.29) is 10.7 Å². The Hall–Kier alpha value is -3.26. The van der Waals surface area contributed by atoms with E-state index in [1.807, 2.05) is 24.3 Å². The second-order valence-corrected chi connectivity index (χ2v) is 7.25. The minimum absolute atomic E-state index is 0.128. The Kier molecular flexibility index (Phi) is 5.46. The predicted molar refractivity (Wildman–Crippen MR) is 104 cm³/mol. The minimum Gasteiger partial charge on any atom is -0.497 e. The molecule has 0 fully saturated rings. The molecule has 3 aromatic rings. The Bertz CT molecular complexity index is 1000. The van der Waals surface area contributed by atoms with Gasteiger partial charge in [-0.1, -0.05) is 6.07 Å². The molecule has 27 heavy (non-hydrogen) atoms. The number of benzene rings is 2. The number of rotatable bonds is 7. The smallest absolute Gasteiger partial charge is 0.263 e. The lowest BCUT2D eigenvalue weighted by Crippen LogP contribution is -2.13. The molecule has 0 spiro atoms. The number of ether oxygens (including phenoxy) is 2. The van der Waals surface area contributed by atoms with E-state index in [9.17, 15) is 8.42 Å². The zero-order valence-electron chi connectivity index (χ0n) is 14.8. The molecule has 8 heteroatoms. The van der Waals surface area contributed by atoms with Gasteiger partial charge in [0, 0.05) is 11.8 Å². The fourth-order valence-electron chi connectivity index (χ4n) is 2.35. The average molecular weight is 385 g/mol. The van der Waals surface area contributed by atoms with Crippen LogP contribution < -0.4 is 19.5 Å². The molecule has 0 aliphatic rings. The second kappa shape index (κ2) is 7.96. The summed E-state index contributed by atoms with van der Waals surface area (Å²) in [5, 5.41) is 3.18. The van der Waals surface area contributed by atoms with E-state index in [0.29, 0.717) is 5.75 Å². The molecule has 0 unspecified atom stereocenters. The summed E-state index contributed by atoms with van der Waals surface area (Å²) in [6, 6.07) is 16.9. The monoisotopic (exact) mass is 385 g/mol. The maximum atomic E-state index is 12.4. The first-order chi connectivity index (χ1) is 13.0. The summed E-state index contributed by atoms with van der Waals surface area (Å²) in [6.45, 7) is 0. The van der Waals surface area contributed by atoms with Crippen LogP contribution in [0.5, 0.6) is 11.5 Å². The number of nitrogens with zero attached hydrogens (tertiary/aromatic N) is 1. The first-order valence-corrected chi connectivity index (χ1v) is 9.52. The Labute approximate surface area is 158 Å². The Morgan fingerprint density at radius 1 is 0.852 bits per heavy atom. The third kappa shape index (κ3) is 4.68. The largest absolute Gasteiger partial charge is 0.497 e. The van der Waals surface area contributed by atoms with Crippen molar-refractivity contribution in [1.82, 2.24) is 4.98 Å². The average Bonchev–Trinajstić information content (AvgIpc) is 2.69. The van der Waals surface area contributed by atoms with Crippen molar-refractivity contribution in [2.45, 2.75) is 4.90 Å². The number of methoxy groups -OCH3 is 2. The van der Waals surface area contributed by atoms with Crippen LogP contribution in [0, 0.1) is 0 Å². The number of nitrogens with one attached hydrogen (secondary N) is 2. The van der Waals surface area contributed by atoms with Gasteiger partial charge < -0.3 is 14.8 Å². The van der Waals surface area contributed by atoms with Crippen molar-refractivity contribution < 1.29 is 17.9 Å². The number of sulfonamides is 1. The first-order valence-electron chi connectivity index (χ1n) is 8.04. The molecule has 0 aliphatic carbocycles. The van der Waals surface area contributed by atoms with E-state index >= 15 is 0 Å². The van der Waals surface area contributed by atoms with Gasteiger partial charge in [0.05, 0.1) is 31.0 Å². The Balaban J connectivity index is 1.70. The van der Waals surface area contributed by atoms with Crippen LogP contribution in [0.2, 0.25) is 0 Å². The summed E-state index contributed by atoms with van der Waals surface area (Å²) in [6.07, 6.45) is 1.55. The lowest BCUT2D eigenvalue weighted by atomic mass is 10.3. The third-order valence-electron chi connectivity index (χ3n) is 3.73. The van der Waals surface area contributed by atoms with Crippen LogP contribution in [0.3, 0.4) is 0 Å². The Morgan fingerprint density at radius 3 is 2.22 bits per heavy atom. The van der Waals surface area contributed by atoms with E-state index in [0.717, 1.165) is 17.1 Å². The minimum atomic E-state index is -3.72. The topological polar surface area (TPSA) is 89.6 Å². The SMILES string of the molecule is COc1ccc(S(=O)(=O)Nc2ccc(Nc3cccc(OC)c3)cn2)cc1. The van der Waals surface area contributed by atoms with Crippen LogP contribution in [-0.4, -0.2) is 27.6 Å². The molecule has 140 valence electrons. The van der Waals surface area contributed by atoms with Gasteiger partial charge in [0.15, 0.2) is 0 Å². The van der Waals surface area contributed by atoms with Gasteiger partial charge in [-0.3, -0.25) is 4.72 Å². The fourth-order valence-corrected chi connectivity index (χ4v) is 3.36. The molecule has 0 atom stereocenters. The molecule has 0 amide bonds. The highest BCUT2D eigenvalue weighted by atomic mass is 32.2. The molecule has 3 rings (SSSR count). The van der Waals surface area contributed by atoms with Crippen LogP contribution in [0.25, 0.3) is 0 Å². The lowest BCUT2D eigenvalue weighted by molar-refractivity contribution is 0.414. The van der Waals surface area contributed by atoms with Crippen LogP contribution in [-0.2, 0) is 10.0 Å². The molecule has 2 aromatic carbocycles. The van der Waals surface area contributed by atoms with Gasteiger partial charge in [-0.15, -0.1) is 0 Å². The summed E-state index contributed by atoms with van der Waals surface area (Å²) in [5.74, 6) is 1.54. The third-order valence-corrected chi connectivity index (χ3v) is 5.10. The summed E-state index contributed by atoms with van der Waals surface area (Å²) < 4.78 is 37.5. The van der Waals surface area contributed by atoms with Crippen molar-refractivity contribution in [2.75, 3.05) is 24.3 Å². The van der Waals surface area contributed by atoms with Gasteiger partial charge in [-0.05, 0) is 48.5 Å². The number of anilines is 3. The van der Waals surface area contributed by atoms with Crippen LogP contribution in [0.4, 0.5) is 17.2 Å². The van der Waals surface area contributed by atoms with Crippen LogP contribution in [0.1, 0.15) is 0 Å². The summed E-state index contributed by atoms with van der Waals surface area (Å²) in [7, 11) is -0.602. The van der Waals surface area contributed by atoms with Gasteiger partial charge in [0.2, 0.25) is 0 Å². The zero-order chi connectivity index (χ0) is 19.3. The standard InChI is InChI=1S/C19H19N3O4S/c1-25-16-7-9-18(10-8-16)27(23,24)22-19-11-6-15(13-20-19)21-14-4-3-5-17(12-14)26-2/h3-13,21H,1-2H3,(H,20,22). The maximum Gasteiger partial charge on any atom is 0.263 e. The highest BCUT2D eigenvalue weighted by Gasteiger charge is 2.14. The number of pyridine rings is 1. The van der Waals surface area contributed by atoms with Crippen LogP contribution >= 0.6 is 0 Å². The molecule has 0 aliphatic heterocycles. The van der Waals surface area contributed by atoms with Crippen molar-refractivity contribution in [3.63, 3.8) is 0 Å². The normalized spacial score (nSPS) is 10.9. The Morgan fingerprint density at radius 2 is 1.59 bits per heavy atom. The van der Waals surface area contributed by atoms with Crippen molar-refractivity contribution in [2.24, 2.45) is 0 Å². The van der Waals surface area contributed by atoms with Crippen molar-refractivity contribution >= 4 is 27.2 Å². The van der Waals surface area contributed by atoms with E-state index < -0.39 is 10.0 Å². The predicted octanol–water partition coefficient (Wildman–Crippen LogP) is 3.64. The molecular formula is C19H19N3O4S. The molecule has 2 N–H and O–H groups in total. The molecule has 0 saturated heterocycles. The highest BCUT2D eigenvalue weighted by Crippen LogP contribution is 2.22. The van der Waals surface area contributed by atoms with E-state index in [1.165, 1.54) is 19.2 Å². The molecule has 0 radical (unpaired) electrons. The highest BCUT2D eigenvalue weighted by molar-refractivity contribution is 7.92. The molecule has 0 bridgehead atoms. The molecule has 1 aromatic heterocycles. The van der Waals surface area contributed by atoms with Gasteiger partial charge in [-0.25, -0.2) is 13.4 Å². The molecule has 7 nitrogen and oxygen atoms in total. The van der Waals surface area contributed by atoms with Gasteiger partial charge >= 0.3 is 0 Å². The van der Waals surface area contributed by atoms with Gasteiger partial charge in [-0.2, -0.15) is 0 Å². The fraction of sp³-hybridized carbons (Fsp3) is 0.105. The number of aromatic nitrogens is 1. The zero-order valence-corrected chi connectivity index (χ0v) is 15.7. The first kappa shape index (κ1) is 18.5.